The van der Waals surface area contributed by atoms with Crippen LogP contribution in [0.2, 0.25) is 0 Å². The van der Waals surface area contributed by atoms with E-state index in [1.54, 1.807) is 0 Å². The Morgan fingerprint density at radius 3 is 2.92 bits per heavy atom. The Balaban J connectivity index is 2.36. The Morgan fingerprint density at radius 2 is 2.31 bits per heavy atom. The van der Waals surface area contributed by atoms with E-state index in [1.165, 1.54) is 0 Å². The molecule has 0 radical (unpaired) electrons. The Labute approximate surface area is 82.5 Å². The van der Waals surface area contributed by atoms with Gasteiger partial charge < -0.3 is 11.1 Å². The molecule has 0 bridgehead atoms. The molecule has 0 spiro atoms. The number of hydrogen-bond donors (Lipinski definition) is 3. The van der Waals surface area contributed by atoms with Crippen molar-refractivity contribution in [3.05, 3.63) is 23.8 Å². The quantitative estimate of drug-likeness (QED) is 0.458. The minimum atomic E-state index is 0.700. The molecule has 0 amide bonds. The van der Waals surface area contributed by atoms with Crippen LogP contribution >= 0.6 is 12.6 Å². The number of rotatable bonds is 1. The van der Waals surface area contributed by atoms with Gasteiger partial charge in [0.15, 0.2) is 0 Å². The second kappa shape index (κ2) is 3.30. The van der Waals surface area contributed by atoms with Crippen LogP contribution < -0.4 is 11.1 Å². The van der Waals surface area contributed by atoms with E-state index >= 15 is 0 Å². The molecule has 3 N–H and O–H groups in total. The fourth-order valence-electron chi connectivity index (χ4n) is 1.28. The first-order chi connectivity index (χ1) is 6.27. The molecule has 3 nitrogen and oxygen atoms in total. The molecule has 1 aromatic rings. The van der Waals surface area contributed by atoms with Gasteiger partial charge in [-0.3, -0.25) is 4.99 Å². The van der Waals surface area contributed by atoms with Crippen LogP contribution in [0.4, 0.5) is 5.69 Å². The van der Waals surface area contributed by atoms with Crippen molar-refractivity contribution < 1.29 is 0 Å². The summed E-state index contributed by atoms with van der Waals surface area (Å²) in [4.78, 5) is 5.11. The SMILES string of the molecule is Nc1ccc(C2=NCCN2)cc1S. The molecule has 4 heteroatoms. The number of benzene rings is 1. The molecule has 68 valence electrons. The van der Waals surface area contributed by atoms with Crippen LogP contribution in [0.1, 0.15) is 5.56 Å². The molecule has 0 fully saturated rings. The summed E-state index contributed by atoms with van der Waals surface area (Å²) in [5.41, 5.74) is 7.40. The van der Waals surface area contributed by atoms with Crippen LogP contribution in [-0.2, 0) is 0 Å². The molecule has 1 heterocycles. The predicted octanol–water partition coefficient (Wildman–Crippen LogP) is 0.907. The van der Waals surface area contributed by atoms with E-state index in [2.05, 4.69) is 22.9 Å². The van der Waals surface area contributed by atoms with Crippen LogP contribution in [0.5, 0.6) is 0 Å². The summed E-state index contributed by atoms with van der Waals surface area (Å²) in [5.74, 6) is 0.940. The molecular weight excluding hydrogens is 182 g/mol. The van der Waals surface area contributed by atoms with E-state index < -0.39 is 0 Å². The van der Waals surface area contributed by atoms with Crippen LogP contribution in [0.15, 0.2) is 28.1 Å². The van der Waals surface area contributed by atoms with Crippen molar-refractivity contribution >= 4 is 24.2 Å². The lowest BCUT2D eigenvalue weighted by Gasteiger charge is -2.04. The van der Waals surface area contributed by atoms with Gasteiger partial charge in [0.2, 0.25) is 0 Å². The Bertz CT molecular complexity index is 360. The highest BCUT2D eigenvalue weighted by Crippen LogP contribution is 2.18. The maximum atomic E-state index is 5.65. The maximum Gasteiger partial charge on any atom is 0.128 e. The van der Waals surface area contributed by atoms with Crippen LogP contribution in [0.25, 0.3) is 0 Å². The number of nitrogen functional groups attached to an aromatic ring is 1. The predicted molar refractivity (Wildman–Crippen MR) is 57.5 cm³/mol. The summed E-state index contributed by atoms with van der Waals surface area (Å²) in [7, 11) is 0. The van der Waals surface area contributed by atoms with Crippen LogP contribution in [0.3, 0.4) is 0 Å². The molecule has 1 aliphatic heterocycles. The zero-order chi connectivity index (χ0) is 9.26. The fraction of sp³-hybridized carbons (Fsp3) is 0.222. The molecule has 0 aromatic heterocycles. The zero-order valence-electron chi connectivity index (χ0n) is 7.12. The van der Waals surface area contributed by atoms with Gasteiger partial charge >= 0.3 is 0 Å². The third kappa shape index (κ3) is 1.62. The van der Waals surface area contributed by atoms with E-state index in [4.69, 9.17) is 5.73 Å². The molecular formula is C9H11N3S. The zero-order valence-corrected chi connectivity index (χ0v) is 8.01. The Hall–Kier alpha value is -1.16. The number of nitrogens with two attached hydrogens (primary N) is 1. The average Bonchev–Trinajstić information content (AvgIpc) is 2.62. The molecule has 1 aromatic carbocycles. The topological polar surface area (TPSA) is 50.4 Å². The maximum absolute atomic E-state index is 5.65. The van der Waals surface area contributed by atoms with Gasteiger partial charge in [0.25, 0.3) is 0 Å². The van der Waals surface area contributed by atoms with Gasteiger partial charge in [0.05, 0.1) is 6.54 Å². The van der Waals surface area contributed by atoms with E-state index in [0.29, 0.717) is 5.69 Å². The van der Waals surface area contributed by atoms with Crippen molar-refractivity contribution in [3.8, 4) is 0 Å². The average molecular weight is 193 g/mol. The molecule has 0 saturated heterocycles. The largest absolute Gasteiger partial charge is 0.398 e. The lowest BCUT2D eigenvalue weighted by atomic mass is 10.2. The van der Waals surface area contributed by atoms with Crippen molar-refractivity contribution in [2.24, 2.45) is 4.99 Å². The highest BCUT2D eigenvalue weighted by Gasteiger charge is 2.08. The van der Waals surface area contributed by atoms with E-state index in [9.17, 15) is 0 Å². The Morgan fingerprint density at radius 1 is 1.46 bits per heavy atom. The minimum absolute atomic E-state index is 0.700. The van der Waals surface area contributed by atoms with Gasteiger partial charge in [-0.25, -0.2) is 0 Å². The number of amidine groups is 1. The lowest BCUT2D eigenvalue weighted by molar-refractivity contribution is 0.960. The standard InChI is InChI=1S/C9H11N3S/c10-7-2-1-6(5-8(7)13)9-11-3-4-12-9/h1-2,5,13H,3-4,10H2,(H,11,12). The summed E-state index contributed by atoms with van der Waals surface area (Å²) in [5, 5.41) is 3.19. The molecule has 0 saturated carbocycles. The van der Waals surface area contributed by atoms with Gasteiger partial charge in [-0.2, -0.15) is 0 Å². The van der Waals surface area contributed by atoms with Gasteiger partial charge in [0.1, 0.15) is 5.84 Å². The van der Waals surface area contributed by atoms with Crippen molar-refractivity contribution in [1.29, 1.82) is 0 Å². The fourth-order valence-corrected chi connectivity index (χ4v) is 1.50. The first-order valence-electron chi connectivity index (χ1n) is 4.14. The first-order valence-corrected chi connectivity index (χ1v) is 4.59. The van der Waals surface area contributed by atoms with Gasteiger partial charge in [-0.05, 0) is 18.2 Å². The van der Waals surface area contributed by atoms with E-state index in [1.807, 2.05) is 18.2 Å². The third-order valence-corrected chi connectivity index (χ3v) is 2.37. The van der Waals surface area contributed by atoms with Crippen LogP contribution in [0, 0.1) is 0 Å². The third-order valence-electron chi connectivity index (χ3n) is 1.98. The summed E-state index contributed by atoms with van der Waals surface area (Å²) in [6.45, 7) is 1.77. The number of aliphatic imine (C=N–C) groups is 1. The second-order valence-electron chi connectivity index (χ2n) is 2.93. The van der Waals surface area contributed by atoms with Crippen molar-refractivity contribution in [3.63, 3.8) is 0 Å². The summed E-state index contributed by atoms with van der Waals surface area (Å²) < 4.78 is 0. The number of nitrogens with one attached hydrogen (secondary N) is 1. The monoisotopic (exact) mass is 193 g/mol. The Kier molecular flexibility index (Phi) is 2.14. The molecule has 0 unspecified atom stereocenters. The molecule has 13 heavy (non-hydrogen) atoms. The van der Waals surface area contributed by atoms with Crippen molar-refractivity contribution in [1.82, 2.24) is 5.32 Å². The summed E-state index contributed by atoms with van der Waals surface area (Å²) in [6.07, 6.45) is 0. The molecule has 2 rings (SSSR count). The second-order valence-corrected chi connectivity index (χ2v) is 3.41. The first kappa shape index (κ1) is 8.44. The van der Waals surface area contributed by atoms with E-state index in [0.717, 1.165) is 29.4 Å². The highest BCUT2D eigenvalue weighted by atomic mass is 32.1. The number of anilines is 1. The number of hydrogen-bond acceptors (Lipinski definition) is 4. The van der Waals surface area contributed by atoms with Crippen molar-refractivity contribution in [2.75, 3.05) is 18.8 Å². The summed E-state index contributed by atoms with van der Waals surface area (Å²) >= 11 is 4.25. The summed E-state index contributed by atoms with van der Waals surface area (Å²) in [6, 6.07) is 5.72. The van der Waals surface area contributed by atoms with Gasteiger partial charge in [0, 0.05) is 22.7 Å². The molecule has 0 atom stereocenters. The number of nitrogens with zero attached hydrogens (tertiary/aromatic N) is 1. The minimum Gasteiger partial charge on any atom is -0.398 e. The number of thiol groups is 1. The lowest BCUT2D eigenvalue weighted by Crippen LogP contribution is -2.19. The highest BCUT2D eigenvalue weighted by molar-refractivity contribution is 7.80. The van der Waals surface area contributed by atoms with E-state index in [-0.39, 0.29) is 0 Å². The van der Waals surface area contributed by atoms with Gasteiger partial charge in [-0.15, -0.1) is 12.6 Å². The van der Waals surface area contributed by atoms with Gasteiger partial charge in [-0.1, -0.05) is 0 Å². The van der Waals surface area contributed by atoms with Crippen molar-refractivity contribution in [2.45, 2.75) is 4.90 Å². The molecule has 0 aliphatic carbocycles. The smallest absolute Gasteiger partial charge is 0.128 e. The molecule has 1 aliphatic rings. The normalized spacial score (nSPS) is 15.3. The van der Waals surface area contributed by atoms with Crippen LogP contribution in [-0.4, -0.2) is 18.9 Å².